The molecule has 2 unspecified atom stereocenters. The van der Waals surface area contributed by atoms with Crippen molar-refractivity contribution in [3.63, 3.8) is 0 Å². The van der Waals surface area contributed by atoms with E-state index in [0.29, 0.717) is 12.1 Å². The minimum atomic E-state index is 0.706. The number of rotatable bonds is 2. The van der Waals surface area contributed by atoms with E-state index in [9.17, 15) is 0 Å². The number of likely N-dealkylation sites (tertiary alicyclic amines) is 1. The fraction of sp³-hybridized carbons (Fsp3) is 0.778. The molecule has 2 atom stereocenters. The van der Waals surface area contributed by atoms with Gasteiger partial charge >= 0.3 is 0 Å². The Bertz CT molecular complexity index is 286. The Morgan fingerprint density at radius 2 is 2.15 bits per heavy atom. The Morgan fingerprint density at radius 3 is 2.62 bits per heavy atom. The van der Waals surface area contributed by atoms with Crippen molar-refractivity contribution in [1.82, 2.24) is 19.9 Å². The summed E-state index contributed by atoms with van der Waals surface area (Å²) < 4.78 is 1.75. The molecule has 4 heteroatoms. The third-order valence-corrected chi connectivity index (χ3v) is 2.81. The molecule has 0 N–H and O–H groups in total. The quantitative estimate of drug-likeness (QED) is 0.675. The highest BCUT2D eigenvalue weighted by Gasteiger charge is 2.31. The molecule has 1 aromatic rings. The Balaban J connectivity index is 1.98. The Hall–Kier alpha value is -0.900. The van der Waals surface area contributed by atoms with Gasteiger partial charge in [-0.2, -0.15) is 0 Å². The molecule has 0 bridgehead atoms. The van der Waals surface area contributed by atoms with E-state index in [1.807, 2.05) is 13.2 Å². The van der Waals surface area contributed by atoms with Crippen molar-refractivity contribution in [3.8, 4) is 0 Å². The highest BCUT2D eigenvalue weighted by molar-refractivity contribution is 4.97. The van der Waals surface area contributed by atoms with Gasteiger partial charge in [0, 0.05) is 31.9 Å². The number of nitrogens with zero attached hydrogens (tertiary/aromatic N) is 4. The number of aromatic nitrogens is 3. The van der Waals surface area contributed by atoms with Crippen molar-refractivity contribution in [2.75, 3.05) is 0 Å². The molecular weight excluding hydrogens is 164 g/mol. The van der Waals surface area contributed by atoms with Crippen molar-refractivity contribution in [2.45, 2.75) is 38.9 Å². The van der Waals surface area contributed by atoms with Crippen molar-refractivity contribution in [1.29, 1.82) is 0 Å². The molecule has 1 aliphatic heterocycles. The zero-order valence-corrected chi connectivity index (χ0v) is 8.44. The summed E-state index contributed by atoms with van der Waals surface area (Å²) in [5.74, 6) is 0. The van der Waals surface area contributed by atoms with Crippen LogP contribution in [0.3, 0.4) is 0 Å². The van der Waals surface area contributed by atoms with Crippen LogP contribution in [-0.2, 0) is 13.6 Å². The normalized spacial score (nSPS) is 28.8. The topological polar surface area (TPSA) is 34.0 Å². The van der Waals surface area contributed by atoms with Crippen molar-refractivity contribution in [2.24, 2.45) is 7.05 Å². The second-order valence-electron chi connectivity index (χ2n) is 3.99. The van der Waals surface area contributed by atoms with E-state index in [1.165, 1.54) is 6.42 Å². The van der Waals surface area contributed by atoms with Gasteiger partial charge in [-0.15, -0.1) is 5.10 Å². The van der Waals surface area contributed by atoms with Crippen LogP contribution in [0.4, 0.5) is 0 Å². The van der Waals surface area contributed by atoms with Crippen LogP contribution in [-0.4, -0.2) is 32.0 Å². The number of aryl methyl sites for hydroxylation is 1. The van der Waals surface area contributed by atoms with E-state index in [2.05, 4.69) is 29.1 Å². The van der Waals surface area contributed by atoms with Crippen LogP contribution >= 0.6 is 0 Å². The van der Waals surface area contributed by atoms with E-state index in [0.717, 1.165) is 12.2 Å². The molecule has 0 radical (unpaired) electrons. The third kappa shape index (κ3) is 1.58. The molecule has 1 saturated heterocycles. The SMILES string of the molecule is CC1CC(C)N1Cc1cn(C)nn1. The van der Waals surface area contributed by atoms with Crippen LogP contribution in [0.1, 0.15) is 26.0 Å². The zero-order valence-electron chi connectivity index (χ0n) is 8.44. The van der Waals surface area contributed by atoms with Crippen molar-refractivity contribution in [3.05, 3.63) is 11.9 Å². The average molecular weight is 180 g/mol. The lowest BCUT2D eigenvalue weighted by atomic mass is 9.96. The van der Waals surface area contributed by atoms with E-state index < -0.39 is 0 Å². The summed E-state index contributed by atoms with van der Waals surface area (Å²) in [6.07, 6.45) is 3.29. The van der Waals surface area contributed by atoms with Crippen LogP contribution in [0, 0.1) is 0 Å². The summed E-state index contributed by atoms with van der Waals surface area (Å²) in [7, 11) is 1.90. The van der Waals surface area contributed by atoms with Crippen LogP contribution in [0.25, 0.3) is 0 Å². The van der Waals surface area contributed by atoms with Gasteiger partial charge in [0.05, 0.1) is 5.69 Å². The van der Waals surface area contributed by atoms with E-state index in [4.69, 9.17) is 0 Å². The molecule has 0 aliphatic carbocycles. The Kier molecular flexibility index (Phi) is 2.07. The van der Waals surface area contributed by atoms with Crippen molar-refractivity contribution < 1.29 is 0 Å². The molecule has 2 heterocycles. The van der Waals surface area contributed by atoms with Gasteiger partial charge < -0.3 is 0 Å². The van der Waals surface area contributed by atoms with Gasteiger partial charge in [-0.3, -0.25) is 9.58 Å². The summed E-state index contributed by atoms with van der Waals surface area (Å²) in [4.78, 5) is 2.45. The van der Waals surface area contributed by atoms with Gasteiger partial charge in [-0.25, -0.2) is 0 Å². The Morgan fingerprint density at radius 1 is 1.46 bits per heavy atom. The number of hydrogen-bond acceptors (Lipinski definition) is 3. The minimum Gasteiger partial charge on any atom is -0.292 e. The smallest absolute Gasteiger partial charge is 0.0967 e. The first-order chi connectivity index (χ1) is 6.16. The highest BCUT2D eigenvalue weighted by Crippen LogP contribution is 2.26. The summed E-state index contributed by atoms with van der Waals surface area (Å²) in [6.45, 7) is 5.46. The van der Waals surface area contributed by atoms with Crippen LogP contribution in [0.5, 0.6) is 0 Å². The van der Waals surface area contributed by atoms with Gasteiger partial charge in [0.1, 0.15) is 0 Å². The fourth-order valence-electron chi connectivity index (χ4n) is 2.03. The molecular formula is C9H16N4. The molecule has 1 aliphatic rings. The fourth-order valence-corrected chi connectivity index (χ4v) is 2.03. The average Bonchev–Trinajstić information content (AvgIpc) is 2.48. The number of hydrogen-bond donors (Lipinski definition) is 0. The van der Waals surface area contributed by atoms with E-state index in [-0.39, 0.29) is 0 Å². The Labute approximate surface area is 78.5 Å². The van der Waals surface area contributed by atoms with Gasteiger partial charge in [0.15, 0.2) is 0 Å². The molecule has 0 aromatic carbocycles. The third-order valence-electron chi connectivity index (χ3n) is 2.81. The molecule has 13 heavy (non-hydrogen) atoms. The molecule has 1 aromatic heterocycles. The maximum absolute atomic E-state index is 4.08. The van der Waals surface area contributed by atoms with E-state index in [1.54, 1.807) is 4.68 Å². The highest BCUT2D eigenvalue weighted by atomic mass is 15.4. The van der Waals surface area contributed by atoms with E-state index >= 15 is 0 Å². The first kappa shape index (κ1) is 8.69. The predicted molar refractivity (Wildman–Crippen MR) is 50.1 cm³/mol. The standard InChI is InChI=1S/C9H16N4/c1-7-4-8(2)13(7)6-9-5-12(3)11-10-9/h5,7-8H,4,6H2,1-3H3. The summed E-state index contributed by atoms with van der Waals surface area (Å²) >= 11 is 0. The summed E-state index contributed by atoms with van der Waals surface area (Å²) in [6, 6.07) is 1.41. The summed E-state index contributed by atoms with van der Waals surface area (Å²) in [5, 5.41) is 8.00. The summed E-state index contributed by atoms with van der Waals surface area (Å²) in [5.41, 5.74) is 1.07. The van der Waals surface area contributed by atoms with Crippen LogP contribution in [0.2, 0.25) is 0 Å². The molecule has 2 rings (SSSR count). The van der Waals surface area contributed by atoms with Crippen LogP contribution < -0.4 is 0 Å². The second-order valence-corrected chi connectivity index (χ2v) is 3.99. The largest absolute Gasteiger partial charge is 0.292 e. The first-order valence-electron chi connectivity index (χ1n) is 4.78. The lowest BCUT2D eigenvalue weighted by Crippen LogP contribution is -2.51. The van der Waals surface area contributed by atoms with Gasteiger partial charge in [0.2, 0.25) is 0 Å². The molecule has 4 nitrogen and oxygen atoms in total. The second kappa shape index (κ2) is 3.10. The lowest BCUT2D eigenvalue weighted by molar-refractivity contribution is 0.0283. The van der Waals surface area contributed by atoms with Gasteiger partial charge in [-0.1, -0.05) is 5.21 Å². The van der Waals surface area contributed by atoms with Gasteiger partial charge in [0.25, 0.3) is 0 Å². The maximum atomic E-state index is 4.08. The first-order valence-corrected chi connectivity index (χ1v) is 4.78. The maximum Gasteiger partial charge on any atom is 0.0967 e. The zero-order chi connectivity index (χ0) is 9.42. The predicted octanol–water partition coefficient (Wildman–Crippen LogP) is 0.798. The van der Waals surface area contributed by atoms with Gasteiger partial charge in [-0.05, 0) is 20.3 Å². The molecule has 72 valence electrons. The lowest BCUT2D eigenvalue weighted by Gasteiger charge is -2.45. The molecule has 0 saturated carbocycles. The van der Waals surface area contributed by atoms with Crippen LogP contribution in [0.15, 0.2) is 6.20 Å². The molecule has 0 amide bonds. The van der Waals surface area contributed by atoms with Crippen molar-refractivity contribution >= 4 is 0 Å². The molecule has 1 fully saturated rings. The minimum absolute atomic E-state index is 0.706. The monoisotopic (exact) mass is 180 g/mol. The molecule has 0 spiro atoms.